The van der Waals surface area contributed by atoms with Crippen LogP contribution in [0, 0.1) is 0 Å². The van der Waals surface area contributed by atoms with Gasteiger partial charge in [0.2, 0.25) is 0 Å². The molecule has 0 fully saturated rings. The maximum Gasteiger partial charge on any atom is 0.0294 e. The molecule has 2 heteroatoms. The van der Waals surface area contributed by atoms with Crippen molar-refractivity contribution in [3.63, 3.8) is 0 Å². The molecule has 0 aliphatic carbocycles. The molecule has 2 aromatic carbocycles. The van der Waals surface area contributed by atoms with Crippen LogP contribution in [0.4, 0.5) is 0 Å². The van der Waals surface area contributed by atoms with Crippen LogP contribution in [0.5, 0.6) is 0 Å². The van der Waals surface area contributed by atoms with Gasteiger partial charge < -0.3 is 10.2 Å². The molecule has 2 aromatic rings. The zero-order valence-electron chi connectivity index (χ0n) is 13.8. The molecule has 0 saturated carbocycles. The van der Waals surface area contributed by atoms with Crippen molar-refractivity contribution in [1.29, 1.82) is 0 Å². The van der Waals surface area contributed by atoms with E-state index in [9.17, 15) is 0 Å². The number of hydrogen-bond acceptors (Lipinski definition) is 2. The number of rotatable bonds is 7. The van der Waals surface area contributed by atoms with Gasteiger partial charge >= 0.3 is 0 Å². The van der Waals surface area contributed by atoms with E-state index in [-0.39, 0.29) is 0 Å². The highest BCUT2D eigenvalue weighted by molar-refractivity contribution is 5.83. The summed E-state index contributed by atoms with van der Waals surface area (Å²) in [5.74, 6) is 0. The van der Waals surface area contributed by atoms with Gasteiger partial charge in [0.1, 0.15) is 0 Å². The quantitative estimate of drug-likeness (QED) is 0.819. The summed E-state index contributed by atoms with van der Waals surface area (Å²) in [6.45, 7) is 12.3. The largest absolute Gasteiger partial charge is 0.306 e. The Kier molecular flexibility index (Phi) is 5.77. The van der Waals surface area contributed by atoms with Crippen LogP contribution in [-0.2, 0) is 0 Å². The standard InChI is InChI=1S/C19H28N2/c1-5-21(6-2)14-15(3)20-16(4)18-12-11-17-9-7-8-10-19(17)13-18/h7-13,15-16,20H,5-6,14H2,1-4H3. The SMILES string of the molecule is CCN(CC)CC(C)NC(C)c1ccc2ccccc2c1. The van der Waals surface area contributed by atoms with Gasteiger partial charge in [0.05, 0.1) is 0 Å². The van der Waals surface area contributed by atoms with Crippen molar-refractivity contribution < 1.29 is 0 Å². The minimum absolute atomic E-state index is 0.375. The molecule has 2 rings (SSSR count). The van der Waals surface area contributed by atoms with Crippen molar-refractivity contribution in [3.05, 3.63) is 48.0 Å². The molecule has 0 radical (unpaired) electrons. The molecule has 2 nitrogen and oxygen atoms in total. The van der Waals surface area contributed by atoms with Crippen LogP contribution in [0.1, 0.15) is 39.3 Å². The van der Waals surface area contributed by atoms with E-state index in [0.29, 0.717) is 12.1 Å². The fraction of sp³-hybridized carbons (Fsp3) is 0.474. The second kappa shape index (κ2) is 7.58. The van der Waals surface area contributed by atoms with E-state index in [1.54, 1.807) is 0 Å². The van der Waals surface area contributed by atoms with Gasteiger partial charge in [-0.2, -0.15) is 0 Å². The van der Waals surface area contributed by atoms with Crippen LogP contribution in [0.25, 0.3) is 10.8 Å². The van der Waals surface area contributed by atoms with Gasteiger partial charge in [0.15, 0.2) is 0 Å². The molecule has 0 amide bonds. The van der Waals surface area contributed by atoms with Crippen LogP contribution in [0.3, 0.4) is 0 Å². The maximum absolute atomic E-state index is 3.72. The van der Waals surface area contributed by atoms with Gasteiger partial charge in [-0.15, -0.1) is 0 Å². The van der Waals surface area contributed by atoms with E-state index in [1.807, 2.05) is 0 Å². The molecule has 114 valence electrons. The molecule has 0 spiro atoms. The Labute approximate surface area is 129 Å². The zero-order chi connectivity index (χ0) is 15.2. The van der Waals surface area contributed by atoms with Crippen LogP contribution < -0.4 is 5.32 Å². The Bertz CT molecular complexity index is 560. The van der Waals surface area contributed by atoms with Crippen molar-refractivity contribution >= 4 is 10.8 Å². The second-order valence-electron chi connectivity index (χ2n) is 5.88. The third-order valence-corrected chi connectivity index (χ3v) is 4.23. The van der Waals surface area contributed by atoms with Crippen LogP contribution in [0.15, 0.2) is 42.5 Å². The first-order chi connectivity index (χ1) is 10.1. The smallest absolute Gasteiger partial charge is 0.0294 e. The van der Waals surface area contributed by atoms with Gasteiger partial charge in [-0.25, -0.2) is 0 Å². The Balaban J connectivity index is 2.02. The average Bonchev–Trinajstić information content (AvgIpc) is 2.52. The van der Waals surface area contributed by atoms with Gasteiger partial charge in [-0.05, 0) is 49.3 Å². The molecule has 0 heterocycles. The Morgan fingerprint density at radius 1 is 0.952 bits per heavy atom. The fourth-order valence-electron chi connectivity index (χ4n) is 2.92. The first kappa shape index (κ1) is 16.0. The molecular formula is C19H28N2. The highest BCUT2D eigenvalue weighted by atomic mass is 15.1. The predicted molar refractivity (Wildman–Crippen MR) is 92.7 cm³/mol. The summed E-state index contributed by atoms with van der Waals surface area (Å²) in [6.07, 6.45) is 0. The van der Waals surface area contributed by atoms with Crippen molar-refractivity contribution in [2.75, 3.05) is 19.6 Å². The lowest BCUT2D eigenvalue weighted by Gasteiger charge is -2.26. The normalized spacial score (nSPS) is 14.5. The number of nitrogens with zero attached hydrogens (tertiary/aromatic N) is 1. The molecule has 0 aliphatic heterocycles. The van der Waals surface area contributed by atoms with Crippen molar-refractivity contribution in [2.45, 2.75) is 39.8 Å². The second-order valence-corrected chi connectivity index (χ2v) is 5.88. The third kappa shape index (κ3) is 4.29. The van der Waals surface area contributed by atoms with E-state index >= 15 is 0 Å². The monoisotopic (exact) mass is 284 g/mol. The first-order valence-electron chi connectivity index (χ1n) is 8.11. The van der Waals surface area contributed by atoms with Gasteiger partial charge in [0, 0.05) is 18.6 Å². The number of fused-ring (bicyclic) bond motifs is 1. The highest BCUT2D eigenvalue weighted by Gasteiger charge is 2.12. The summed E-state index contributed by atoms with van der Waals surface area (Å²) in [5, 5.41) is 6.35. The Morgan fingerprint density at radius 2 is 1.62 bits per heavy atom. The summed E-state index contributed by atoms with van der Waals surface area (Å²) in [7, 11) is 0. The molecule has 2 unspecified atom stereocenters. The van der Waals surface area contributed by atoms with E-state index in [4.69, 9.17) is 0 Å². The van der Waals surface area contributed by atoms with E-state index in [0.717, 1.165) is 19.6 Å². The highest BCUT2D eigenvalue weighted by Crippen LogP contribution is 2.20. The van der Waals surface area contributed by atoms with Gasteiger partial charge in [-0.3, -0.25) is 0 Å². The summed E-state index contributed by atoms with van der Waals surface area (Å²) < 4.78 is 0. The number of likely N-dealkylation sites (N-methyl/N-ethyl adjacent to an activating group) is 1. The van der Waals surface area contributed by atoms with E-state index < -0.39 is 0 Å². The lowest BCUT2D eigenvalue weighted by Crippen LogP contribution is -2.40. The molecule has 0 bridgehead atoms. The summed E-state index contributed by atoms with van der Waals surface area (Å²) in [6, 6.07) is 16.2. The van der Waals surface area contributed by atoms with Gasteiger partial charge in [-0.1, -0.05) is 50.2 Å². The minimum atomic E-state index is 0.375. The van der Waals surface area contributed by atoms with Crippen molar-refractivity contribution in [3.8, 4) is 0 Å². The van der Waals surface area contributed by atoms with Crippen LogP contribution in [0.2, 0.25) is 0 Å². The lowest BCUT2D eigenvalue weighted by atomic mass is 10.0. The lowest BCUT2D eigenvalue weighted by molar-refractivity contribution is 0.264. The predicted octanol–water partition coefficient (Wildman–Crippen LogP) is 4.22. The molecule has 2 atom stereocenters. The van der Waals surface area contributed by atoms with E-state index in [1.165, 1.54) is 16.3 Å². The zero-order valence-corrected chi connectivity index (χ0v) is 13.8. The van der Waals surface area contributed by atoms with E-state index in [2.05, 4.69) is 80.4 Å². The fourth-order valence-corrected chi connectivity index (χ4v) is 2.92. The summed E-state index contributed by atoms with van der Waals surface area (Å²) >= 11 is 0. The molecule has 21 heavy (non-hydrogen) atoms. The molecule has 1 N–H and O–H groups in total. The Morgan fingerprint density at radius 3 is 2.29 bits per heavy atom. The third-order valence-electron chi connectivity index (χ3n) is 4.23. The topological polar surface area (TPSA) is 15.3 Å². The summed E-state index contributed by atoms with van der Waals surface area (Å²) in [5.41, 5.74) is 1.36. The van der Waals surface area contributed by atoms with Crippen LogP contribution >= 0.6 is 0 Å². The minimum Gasteiger partial charge on any atom is -0.306 e. The Hall–Kier alpha value is -1.38. The number of nitrogens with one attached hydrogen (secondary N) is 1. The van der Waals surface area contributed by atoms with Gasteiger partial charge in [0.25, 0.3) is 0 Å². The number of hydrogen-bond donors (Lipinski definition) is 1. The van der Waals surface area contributed by atoms with Crippen LogP contribution in [-0.4, -0.2) is 30.6 Å². The molecule has 0 aromatic heterocycles. The summed E-state index contributed by atoms with van der Waals surface area (Å²) in [4.78, 5) is 2.46. The first-order valence-corrected chi connectivity index (χ1v) is 8.11. The van der Waals surface area contributed by atoms with Crippen molar-refractivity contribution in [2.24, 2.45) is 0 Å². The molecule has 0 aliphatic rings. The number of benzene rings is 2. The molecule has 0 saturated heterocycles. The molecular weight excluding hydrogens is 256 g/mol. The van der Waals surface area contributed by atoms with Crippen molar-refractivity contribution in [1.82, 2.24) is 10.2 Å². The maximum atomic E-state index is 3.72. The average molecular weight is 284 g/mol.